The van der Waals surface area contributed by atoms with Crippen LogP contribution in [0.4, 0.5) is 0 Å². The van der Waals surface area contributed by atoms with Crippen LogP contribution in [0.3, 0.4) is 0 Å². The van der Waals surface area contributed by atoms with Crippen LogP contribution >= 0.6 is 0 Å². The molecule has 0 unspecified atom stereocenters. The van der Waals surface area contributed by atoms with E-state index in [1.165, 1.54) is 6.08 Å². The third-order valence-electron chi connectivity index (χ3n) is 2.66. The first-order valence-electron chi connectivity index (χ1n) is 6.77. The molecule has 4 heteroatoms. The first kappa shape index (κ1) is 16.7. The number of hydrogen-bond acceptors (Lipinski definition) is 3. The van der Waals surface area contributed by atoms with Crippen LogP contribution in [0.25, 0.3) is 0 Å². The summed E-state index contributed by atoms with van der Waals surface area (Å²) in [5.41, 5.74) is 0. The van der Waals surface area contributed by atoms with E-state index >= 15 is 0 Å². The molecule has 0 spiro atoms. The van der Waals surface area contributed by atoms with Crippen LogP contribution in [0.5, 0.6) is 0 Å². The molecule has 0 bridgehead atoms. The van der Waals surface area contributed by atoms with Gasteiger partial charge in [-0.3, -0.25) is 0 Å². The predicted molar refractivity (Wildman–Crippen MR) is 81.1 cm³/mol. The second kappa shape index (κ2) is 10.4. The molecule has 0 aliphatic heterocycles. The molecular weight excluding hydrogens is 319 g/mol. The summed E-state index contributed by atoms with van der Waals surface area (Å²) in [6.45, 7) is 3.77. The third-order valence-corrected chi connectivity index (χ3v) is 4.63. The Kier molecular flexibility index (Phi) is 8.68. The fourth-order valence-corrected chi connectivity index (χ4v) is 3.31. The van der Waals surface area contributed by atoms with Crippen LogP contribution < -0.4 is 4.46 Å². The van der Waals surface area contributed by atoms with Crippen molar-refractivity contribution >= 4 is 30.1 Å². The van der Waals surface area contributed by atoms with Crippen molar-refractivity contribution in [2.45, 2.75) is 32.1 Å². The van der Waals surface area contributed by atoms with Gasteiger partial charge in [0.1, 0.15) is 0 Å². The average molecular weight is 339 g/mol. The fourth-order valence-electron chi connectivity index (χ4n) is 1.63. The van der Waals surface area contributed by atoms with E-state index in [1.54, 1.807) is 0 Å². The van der Waals surface area contributed by atoms with E-state index in [2.05, 4.69) is 6.58 Å². The zero-order chi connectivity index (χ0) is 14.6. The fraction of sp³-hybridized carbons (Fsp3) is 0.375. The van der Waals surface area contributed by atoms with Gasteiger partial charge in [0, 0.05) is 0 Å². The summed E-state index contributed by atoms with van der Waals surface area (Å²) in [7, 11) is 0. The van der Waals surface area contributed by atoms with Crippen LogP contribution in [-0.2, 0) is 14.3 Å². The van der Waals surface area contributed by atoms with E-state index in [1.807, 2.05) is 30.3 Å². The van der Waals surface area contributed by atoms with Crippen LogP contribution in [0.1, 0.15) is 32.1 Å². The predicted octanol–water partition coefficient (Wildman–Crippen LogP) is 2.22. The number of esters is 1. The van der Waals surface area contributed by atoms with Gasteiger partial charge in [-0.2, -0.15) is 0 Å². The molecule has 0 aliphatic carbocycles. The Balaban J connectivity index is 2.00. The number of unbranched alkanes of at least 4 members (excludes halogenated alkanes) is 3. The summed E-state index contributed by atoms with van der Waals surface area (Å²) < 4.78 is 6.37. The molecule has 0 N–H and O–H groups in total. The number of carbonyl (C=O) groups excluding carboxylic acids is 2. The summed E-state index contributed by atoms with van der Waals surface area (Å²) in [4.78, 5) is 22.6. The Morgan fingerprint density at radius 2 is 1.80 bits per heavy atom. The molecule has 0 saturated carbocycles. The minimum atomic E-state index is -0.370. The van der Waals surface area contributed by atoms with Crippen LogP contribution in [0.2, 0.25) is 0 Å². The van der Waals surface area contributed by atoms with Crippen molar-refractivity contribution in [2.24, 2.45) is 0 Å². The summed E-state index contributed by atoms with van der Waals surface area (Å²) in [5.74, 6) is -0.370. The molecule has 0 aromatic heterocycles. The molecule has 1 rings (SSSR count). The molecule has 20 heavy (non-hydrogen) atoms. The Morgan fingerprint density at radius 1 is 1.10 bits per heavy atom. The maximum atomic E-state index is 11.8. The molecule has 0 heterocycles. The van der Waals surface area contributed by atoms with Crippen molar-refractivity contribution in [3.05, 3.63) is 43.0 Å². The van der Waals surface area contributed by atoms with Gasteiger partial charge in [-0.25, -0.2) is 0 Å². The molecule has 108 valence electrons. The monoisotopic (exact) mass is 340 g/mol. The molecule has 0 fully saturated rings. The summed E-state index contributed by atoms with van der Waals surface area (Å²) >= 11 is -0.0548. The molecule has 0 atom stereocenters. The van der Waals surface area contributed by atoms with Crippen molar-refractivity contribution in [1.82, 2.24) is 0 Å². The standard InChI is InChI=1S/C16H20O3Se/c1-2-15(17)19-13-9-4-3-8-12-16(18)20-14-10-6-5-7-11-14/h2,5-7,10-11H,1,3-4,8-9,12-13H2. The Bertz CT molecular complexity index is 429. The molecule has 0 radical (unpaired) electrons. The van der Waals surface area contributed by atoms with E-state index < -0.39 is 0 Å². The number of benzene rings is 1. The number of rotatable bonds is 10. The topological polar surface area (TPSA) is 43.4 Å². The minimum absolute atomic E-state index is 0.0548. The average Bonchev–Trinajstić information content (AvgIpc) is 2.47. The van der Waals surface area contributed by atoms with Crippen molar-refractivity contribution in [3.63, 3.8) is 0 Å². The van der Waals surface area contributed by atoms with Gasteiger partial charge in [0.15, 0.2) is 0 Å². The van der Waals surface area contributed by atoms with E-state index in [0.29, 0.717) is 17.7 Å². The number of carbonyl (C=O) groups is 2. The second-order valence-electron chi connectivity index (χ2n) is 4.32. The number of ether oxygens (including phenoxy) is 1. The van der Waals surface area contributed by atoms with Crippen molar-refractivity contribution in [2.75, 3.05) is 6.61 Å². The Labute approximate surface area is 126 Å². The summed E-state index contributed by atoms with van der Waals surface area (Å²) in [6, 6.07) is 9.91. The van der Waals surface area contributed by atoms with E-state index in [9.17, 15) is 9.59 Å². The molecular formula is C16H20O3Se. The summed E-state index contributed by atoms with van der Waals surface area (Å²) in [6.07, 6.45) is 5.57. The molecule has 1 aromatic carbocycles. The van der Waals surface area contributed by atoms with Gasteiger partial charge < -0.3 is 0 Å². The van der Waals surface area contributed by atoms with Crippen LogP contribution in [0, 0.1) is 0 Å². The van der Waals surface area contributed by atoms with Gasteiger partial charge in [0.25, 0.3) is 0 Å². The summed E-state index contributed by atoms with van der Waals surface area (Å²) in [5, 5.41) is 0. The van der Waals surface area contributed by atoms with Crippen LogP contribution in [-0.4, -0.2) is 32.2 Å². The van der Waals surface area contributed by atoms with Crippen molar-refractivity contribution in [1.29, 1.82) is 0 Å². The molecule has 0 saturated heterocycles. The Hall–Kier alpha value is -1.38. The van der Waals surface area contributed by atoms with Gasteiger partial charge in [-0.1, -0.05) is 0 Å². The second-order valence-corrected chi connectivity index (χ2v) is 6.70. The normalized spacial score (nSPS) is 10.0. The van der Waals surface area contributed by atoms with Gasteiger partial charge >= 0.3 is 126 Å². The van der Waals surface area contributed by atoms with Crippen LogP contribution in [0.15, 0.2) is 43.0 Å². The van der Waals surface area contributed by atoms with E-state index in [0.717, 1.165) is 30.1 Å². The SMILES string of the molecule is C=CC(=O)OCCCCCCC(=O)[Se]c1ccccc1. The molecule has 0 amide bonds. The van der Waals surface area contributed by atoms with Gasteiger partial charge in [-0.15, -0.1) is 0 Å². The zero-order valence-electron chi connectivity index (χ0n) is 11.5. The van der Waals surface area contributed by atoms with E-state index in [4.69, 9.17) is 4.74 Å². The number of hydrogen-bond donors (Lipinski definition) is 0. The van der Waals surface area contributed by atoms with Crippen molar-refractivity contribution < 1.29 is 14.3 Å². The maximum absolute atomic E-state index is 11.8. The van der Waals surface area contributed by atoms with Gasteiger partial charge in [-0.05, 0) is 0 Å². The molecule has 1 aromatic rings. The Morgan fingerprint density at radius 3 is 2.50 bits per heavy atom. The molecule has 0 aliphatic rings. The first-order valence-corrected chi connectivity index (χ1v) is 8.48. The first-order chi connectivity index (χ1) is 9.72. The van der Waals surface area contributed by atoms with Crippen molar-refractivity contribution in [3.8, 4) is 0 Å². The van der Waals surface area contributed by atoms with E-state index in [-0.39, 0.29) is 20.9 Å². The van der Waals surface area contributed by atoms with Gasteiger partial charge in [0.05, 0.1) is 0 Å². The quantitative estimate of drug-likeness (QED) is 0.284. The molecule has 3 nitrogen and oxygen atoms in total. The third kappa shape index (κ3) is 7.92. The zero-order valence-corrected chi connectivity index (χ0v) is 13.3. The van der Waals surface area contributed by atoms with Gasteiger partial charge in [0.2, 0.25) is 0 Å².